The Bertz CT molecular complexity index is 1300. The van der Waals surface area contributed by atoms with Crippen LogP contribution in [0.1, 0.15) is 100 Å². The third-order valence-corrected chi connectivity index (χ3v) is 12.8. The number of amides is 1. The van der Waals surface area contributed by atoms with Crippen LogP contribution in [0, 0.1) is 32.5 Å². The molecule has 0 heterocycles. The Morgan fingerprint density at radius 3 is 2.23 bits per heavy atom. The molecule has 0 bridgehead atoms. The first-order valence-corrected chi connectivity index (χ1v) is 14.6. The topological polar surface area (TPSA) is 95.7 Å². The minimum absolute atomic E-state index is 0.0460. The number of hydrogen-bond donors (Lipinski definition) is 1. The summed E-state index contributed by atoms with van der Waals surface area (Å²) >= 11 is 0. The number of allylic oxidation sites excluding steroid dienone is 7. The monoisotopic (exact) mass is 535 g/mol. The first-order chi connectivity index (χ1) is 18.0. The predicted molar refractivity (Wildman–Crippen MR) is 150 cm³/mol. The standard InChI is InChI=1S/C33H45NO5/c1-9-38-27(37)39-25-20(2)21-10-11-24-30(5,22(21)18-23(25)35)15-17-32(7)31(24,6)16-14-29(4)13-12-28(3,26(34)36)19-33(29,32)8/h10-11,18H,9,12-17,19H2,1-8H3,(H2,34,36)/t28-,29-,30+,31-,32-,33-/m1/s1. The van der Waals surface area contributed by atoms with Gasteiger partial charge in [-0.15, -0.1) is 0 Å². The number of hydrogen-bond acceptors (Lipinski definition) is 5. The van der Waals surface area contributed by atoms with E-state index in [0.717, 1.165) is 56.1 Å². The molecule has 0 aromatic rings. The average Bonchev–Trinajstić information content (AvgIpc) is 2.86. The van der Waals surface area contributed by atoms with Gasteiger partial charge in [0.05, 0.1) is 6.61 Å². The van der Waals surface area contributed by atoms with Crippen molar-refractivity contribution < 1.29 is 23.9 Å². The van der Waals surface area contributed by atoms with Gasteiger partial charge in [0.1, 0.15) is 0 Å². The van der Waals surface area contributed by atoms with Gasteiger partial charge in [-0.3, -0.25) is 9.59 Å². The molecule has 5 aliphatic rings. The first-order valence-electron chi connectivity index (χ1n) is 14.6. The van der Waals surface area contributed by atoms with Crippen molar-refractivity contribution in [1.82, 2.24) is 0 Å². The van der Waals surface area contributed by atoms with Crippen LogP contribution in [0.2, 0.25) is 0 Å². The van der Waals surface area contributed by atoms with Crippen LogP contribution in [0.4, 0.5) is 4.79 Å². The van der Waals surface area contributed by atoms with Crippen LogP contribution in [0.5, 0.6) is 0 Å². The number of ketones is 1. The van der Waals surface area contributed by atoms with E-state index in [4.69, 9.17) is 15.2 Å². The highest BCUT2D eigenvalue weighted by molar-refractivity contribution is 6.08. The van der Waals surface area contributed by atoms with Crippen molar-refractivity contribution in [3.63, 3.8) is 0 Å². The summed E-state index contributed by atoms with van der Waals surface area (Å²) in [7, 11) is 0. The van der Waals surface area contributed by atoms with Crippen molar-refractivity contribution in [2.75, 3.05) is 6.61 Å². The van der Waals surface area contributed by atoms with E-state index >= 15 is 0 Å². The van der Waals surface area contributed by atoms with Crippen LogP contribution in [0.25, 0.3) is 0 Å². The molecule has 2 N–H and O–H groups in total. The maximum atomic E-state index is 13.3. The van der Waals surface area contributed by atoms with Gasteiger partial charge in [-0.1, -0.05) is 59.3 Å². The summed E-state index contributed by atoms with van der Waals surface area (Å²) in [6.07, 6.45) is 12.0. The summed E-state index contributed by atoms with van der Waals surface area (Å²) in [5, 5.41) is 0. The van der Waals surface area contributed by atoms with Gasteiger partial charge in [-0.25, -0.2) is 4.79 Å². The number of ether oxygens (including phenoxy) is 2. The molecular formula is C33H45NO5. The first kappa shape index (κ1) is 27.9. The molecule has 0 aromatic heterocycles. The number of fused-ring (bicyclic) bond motifs is 7. The second-order valence-electron chi connectivity index (χ2n) is 14.3. The Balaban J connectivity index is 1.62. The lowest BCUT2D eigenvalue weighted by molar-refractivity contribution is -0.223. The zero-order valence-electron chi connectivity index (χ0n) is 25.0. The molecule has 39 heavy (non-hydrogen) atoms. The summed E-state index contributed by atoms with van der Waals surface area (Å²) in [4.78, 5) is 38.0. The van der Waals surface area contributed by atoms with Gasteiger partial charge in [0.15, 0.2) is 5.76 Å². The van der Waals surface area contributed by atoms with Crippen LogP contribution in [-0.4, -0.2) is 24.5 Å². The van der Waals surface area contributed by atoms with Crippen LogP contribution < -0.4 is 5.73 Å². The Hall–Kier alpha value is -2.63. The fraction of sp³-hybridized carbons (Fsp3) is 0.667. The highest BCUT2D eigenvalue weighted by atomic mass is 16.7. The van der Waals surface area contributed by atoms with Gasteiger partial charge in [-0.05, 0) is 97.7 Å². The zero-order valence-corrected chi connectivity index (χ0v) is 25.0. The Morgan fingerprint density at radius 1 is 0.923 bits per heavy atom. The summed E-state index contributed by atoms with van der Waals surface area (Å²) in [5.41, 5.74) is 9.13. The van der Waals surface area contributed by atoms with E-state index < -0.39 is 11.6 Å². The molecule has 0 spiro atoms. The SMILES string of the molecule is CCOC(=O)OC1=C(C)C2=CC=C3[C@@](C)(CC[C@@]4(C)[C@]5(C)C[C@](C)(C(N)=O)CC[C@]5(C)CC[C@]34C)C2=CC1=O. The largest absolute Gasteiger partial charge is 0.513 e. The Morgan fingerprint density at radius 2 is 1.59 bits per heavy atom. The molecule has 6 heteroatoms. The molecule has 6 nitrogen and oxygen atoms in total. The van der Waals surface area contributed by atoms with E-state index in [1.165, 1.54) is 5.57 Å². The van der Waals surface area contributed by atoms with E-state index in [1.807, 2.05) is 6.92 Å². The molecule has 0 radical (unpaired) electrons. The van der Waals surface area contributed by atoms with Crippen molar-refractivity contribution in [2.24, 2.45) is 38.2 Å². The summed E-state index contributed by atoms with van der Waals surface area (Å²) in [5.74, 6) is -0.424. The second kappa shape index (κ2) is 8.44. The van der Waals surface area contributed by atoms with Gasteiger partial charge < -0.3 is 15.2 Å². The lowest BCUT2D eigenvalue weighted by Crippen LogP contribution is -2.67. The molecule has 0 saturated heterocycles. The third-order valence-electron chi connectivity index (χ3n) is 12.8. The smallest absolute Gasteiger partial charge is 0.434 e. The number of nitrogens with two attached hydrogens (primary N) is 1. The summed E-state index contributed by atoms with van der Waals surface area (Å²) < 4.78 is 10.3. The normalized spacial score (nSPS) is 43.1. The molecule has 212 valence electrons. The van der Waals surface area contributed by atoms with Crippen LogP contribution >= 0.6 is 0 Å². The summed E-state index contributed by atoms with van der Waals surface area (Å²) in [6, 6.07) is 0. The molecule has 5 rings (SSSR count). The fourth-order valence-electron chi connectivity index (χ4n) is 9.65. The number of carbonyl (C=O) groups excluding carboxylic acids is 3. The quantitative estimate of drug-likeness (QED) is 0.389. The maximum Gasteiger partial charge on any atom is 0.513 e. The minimum Gasteiger partial charge on any atom is -0.434 e. The molecule has 5 aliphatic carbocycles. The molecule has 0 aromatic carbocycles. The minimum atomic E-state index is -0.856. The zero-order chi connectivity index (χ0) is 28.8. The van der Waals surface area contributed by atoms with E-state index in [0.29, 0.717) is 5.57 Å². The summed E-state index contributed by atoms with van der Waals surface area (Å²) in [6.45, 7) is 17.9. The lowest BCUT2D eigenvalue weighted by Gasteiger charge is -2.74. The molecule has 3 saturated carbocycles. The number of primary amides is 1. The van der Waals surface area contributed by atoms with E-state index in [1.54, 1.807) is 13.0 Å². The molecule has 3 fully saturated rings. The molecule has 0 aliphatic heterocycles. The lowest BCUT2D eigenvalue weighted by atomic mass is 9.29. The third kappa shape index (κ3) is 3.42. The van der Waals surface area contributed by atoms with Crippen LogP contribution in [0.15, 0.2) is 46.3 Å². The van der Waals surface area contributed by atoms with Gasteiger partial charge >= 0.3 is 6.16 Å². The van der Waals surface area contributed by atoms with Crippen molar-refractivity contribution in [3.05, 3.63) is 46.3 Å². The average molecular weight is 536 g/mol. The Kier molecular flexibility index (Phi) is 6.04. The van der Waals surface area contributed by atoms with Crippen molar-refractivity contribution >= 4 is 17.8 Å². The van der Waals surface area contributed by atoms with Crippen LogP contribution in [-0.2, 0) is 19.1 Å². The number of carbonyl (C=O) groups is 3. The van der Waals surface area contributed by atoms with E-state index in [9.17, 15) is 14.4 Å². The van der Waals surface area contributed by atoms with Gasteiger partial charge in [0, 0.05) is 16.4 Å². The van der Waals surface area contributed by atoms with Gasteiger partial charge in [-0.2, -0.15) is 0 Å². The Labute approximate surface area is 233 Å². The van der Waals surface area contributed by atoms with E-state index in [2.05, 4.69) is 53.7 Å². The second-order valence-corrected chi connectivity index (χ2v) is 14.3. The molecule has 6 atom stereocenters. The van der Waals surface area contributed by atoms with Crippen molar-refractivity contribution in [2.45, 2.75) is 100 Å². The van der Waals surface area contributed by atoms with Crippen molar-refractivity contribution in [1.29, 1.82) is 0 Å². The molecule has 0 unspecified atom stereocenters. The van der Waals surface area contributed by atoms with Gasteiger partial charge in [0.2, 0.25) is 11.7 Å². The van der Waals surface area contributed by atoms with Crippen LogP contribution in [0.3, 0.4) is 0 Å². The predicted octanol–water partition coefficient (Wildman–Crippen LogP) is 7.10. The van der Waals surface area contributed by atoms with Crippen molar-refractivity contribution in [3.8, 4) is 0 Å². The van der Waals surface area contributed by atoms with Gasteiger partial charge in [0.25, 0.3) is 0 Å². The maximum absolute atomic E-state index is 13.3. The fourth-order valence-corrected chi connectivity index (χ4v) is 9.65. The van der Waals surface area contributed by atoms with E-state index in [-0.39, 0.29) is 51.1 Å². The molecular weight excluding hydrogens is 490 g/mol. The highest BCUT2D eigenvalue weighted by Gasteiger charge is 2.72. The number of rotatable bonds is 3. The molecule has 1 amide bonds. The highest BCUT2D eigenvalue weighted by Crippen LogP contribution is 2.80.